The van der Waals surface area contributed by atoms with Gasteiger partial charge in [-0.3, -0.25) is 0 Å². The lowest BCUT2D eigenvalue weighted by Crippen LogP contribution is -2.26. The summed E-state index contributed by atoms with van der Waals surface area (Å²) in [5.41, 5.74) is 9.07. The van der Waals surface area contributed by atoms with Crippen molar-refractivity contribution < 1.29 is 9.84 Å². The summed E-state index contributed by atoms with van der Waals surface area (Å²) in [4.78, 5) is 6.81. The smallest absolute Gasteiger partial charge is 0.138 e. The van der Waals surface area contributed by atoms with E-state index in [4.69, 9.17) is 15.6 Å². The summed E-state index contributed by atoms with van der Waals surface area (Å²) < 4.78 is 7.34. The van der Waals surface area contributed by atoms with Crippen molar-refractivity contribution >= 4 is 11.3 Å². The van der Waals surface area contributed by atoms with E-state index in [0.29, 0.717) is 30.4 Å². The topological polar surface area (TPSA) is 113 Å². The number of nitrogens with two attached hydrogens (primary N) is 1. The van der Waals surface area contributed by atoms with E-state index >= 15 is 0 Å². The van der Waals surface area contributed by atoms with Crippen LogP contribution in [0.1, 0.15) is 32.8 Å². The highest BCUT2D eigenvalue weighted by Crippen LogP contribution is 2.31. The third-order valence-corrected chi connectivity index (χ3v) is 4.99. The summed E-state index contributed by atoms with van der Waals surface area (Å²) >= 11 is 0. The van der Waals surface area contributed by atoms with Crippen molar-refractivity contribution in [2.45, 2.75) is 33.2 Å². The molecule has 1 aliphatic rings. The summed E-state index contributed by atoms with van der Waals surface area (Å²) in [7, 11) is 0. The van der Waals surface area contributed by atoms with Gasteiger partial charge in [0.25, 0.3) is 0 Å². The van der Waals surface area contributed by atoms with Crippen LogP contribution in [0.5, 0.6) is 5.75 Å². The molecule has 1 saturated heterocycles. The summed E-state index contributed by atoms with van der Waals surface area (Å²) in [5.74, 6) is 2.07. The zero-order valence-electron chi connectivity index (χ0n) is 18.3. The highest BCUT2D eigenvalue weighted by molar-refractivity contribution is 5.85. The first-order chi connectivity index (χ1) is 15.0. The van der Waals surface area contributed by atoms with Crippen LogP contribution in [-0.2, 0) is 0 Å². The van der Waals surface area contributed by atoms with Crippen LogP contribution in [0.25, 0.3) is 16.6 Å². The van der Waals surface area contributed by atoms with Crippen molar-refractivity contribution in [3.8, 4) is 22.9 Å². The first-order valence-corrected chi connectivity index (χ1v) is 10.6. The number of anilines is 1. The second-order valence-corrected chi connectivity index (χ2v) is 7.96. The molecule has 4 heterocycles. The van der Waals surface area contributed by atoms with Crippen LogP contribution in [0, 0.1) is 17.2 Å². The first kappa shape index (κ1) is 22.5. The largest absolute Gasteiger partial charge is 0.492 e. The molecule has 3 aromatic heterocycles. The maximum Gasteiger partial charge on any atom is 0.138 e. The summed E-state index contributed by atoms with van der Waals surface area (Å²) in [6.07, 6.45) is 6.18. The predicted molar refractivity (Wildman–Crippen MR) is 121 cm³/mol. The number of aromatic nitrogens is 3. The second kappa shape index (κ2) is 10.2. The van der Waals surface area contributed by atoms with Gasteiger partial charge in [-0.25, -0.2) is 9.50 Å². The zero-order valence-corrected chi connectivity index (χ0v) is 18.3. The number of aliphatic hydroxyl groups excluding tert-OH is 1. The van der Waals surface area contributed by atoms with Crippen LogP contribution < -0.4 is 15.4 Å². The Labute approximate surface area is 182 Å². The van der Waals surface area contributed by atoms with Crippen molar-refractivity contribution in [3.05, 3.63) is 42.4 Å². The monoisotopic (exact) mass is 422 g/mol. The molecule has 0 radical (unpaired) electrons. The molecule has 1 aliphatic heterocycles. The standard InChI is InChI=1S/C19H20N6O.C4H10O/c1-2-26-16-7-17(19-14(8-20)10-23-25(19)12-16)13-3-4-18(22-9-13)24-6-5-15(21)11-24;1-4(2)3-5/h3-4,7,9-10,12,15H,2,5-6,11,21H2,1H3;4-5H,3H2,1-2H3. The fourth-order valence-corrected chi connectivity index (χ4v) is 3.37. The Hall–Kier alpha value is -3.15. The Morgan fingerprint density at radius 2 is 2.13 bits per heavy atom. The van der Waals surface area contributed by atoms with Gasteiger partial charge in [-0.1, -0.05) is 13.8 Å². The molecule has 0 saturated carbocycles. The fourth-order valence-electron chi connectivity index (χ4n) is 3.37. The number of rotatable bonds is 5. The van der Waals surface area contributed by atoms with E-state index < -0.39 is 0 Å². The molecular formula is C23H30N6O2. The number of nitriles is 1. The molecule has 164 valence electrons. The number of ether oxygens (including phenoxy) is 1. The normalized spacial score (nSPS) is 15.6. The first-order valence-electron chi connectivity index (χ1n) is 10.6. The van der Waals surface area contributed by atoms with Gasteiger partial charge < -0.3 is 20.5 Å². The van der Waals surface area contributed by atoms with Crippen molar-refractivity contribution in [1.29, 1.82) is 5.26 Å². The predicted octanol–water partition coefficient (Wildman–Crippen LogP) is 2.84. The van der Waals surface area contributed by atoms with E-state index in [1.807, 2.05) is 45.2 Å². The average molecular weight is 423 g/mol. The lowest BCUT2D eigenvalue weighted by Gasteiger charge is -2.17. The summed E-state index contributed by atoms with van der Waals surface area (Å²) in [6.45, 7) is 8.50. The number of hydrogen-bond donors (Lipinski definition) is 2. The van der Waals surface area contributed by atoms with Gasteiger partial charge in [0.2, 0.25) is 0 Å². The Kier molecular flexibility index (Phi) is 7.45. The summed E-state index contributed by atoms with van der Waals surface area (Å²) in [5, 5.41) is 21.8. The number of aliphatic hydroxyl groups is 1. The van der Waals surface area contributed by atoms with E-state index in [2.05, 4.69) is 21.1 Å². The maximum absolute atomic E-state index is 9.41. The lowest BCUT2D eigenvalue weighted by atomic mass is 10.1. The fraction of sp³-hybridized carbons (Fsp3) is 0.435. The molecule has 0 spiro atoms. The molecule has 8 heteroatoms. The van der Waals surface area contributed by atoms with Gasteiger partial charge in [-0.2, -0.15) is 10.4 Å². The van der Waals surface area contributed by atoms with Crippen LogP contribution >= 0.6 is 0 Å². The van der Waals surface area contributed by atoms with Gasteiger partial charge in [-0.15, -0.1) is 0 Å². The number of hydrogen-bond acceptors (Lipinski definition) is 7. The van der Waals surface area contributed by atoms with Crippen LogP contribution in [-0.4, -0.2) is 52.0 Å². The van der Waals surface area contributed by atoms with Crippen molar-refractivity contribution in [1.82, 2.24) is 14.6 Å². The van der Waals surface area contributed by atoms with E-state index in [1.54, 1.807) is 16.9 Å². The van der Waals surface area contributed by atoms with Crippen molar-refractivity contribution in [2.24, 2.45) is 11.7 Å². The average Bonchev–Trinajstić information content (AvgIpc) is 3.40. The Bertz CT molecular complexity index is 1040. The van der Waals surface area contributed by atoms with Crippen LogP contribution in [0.3, 0.4) is 0 Å². The summed E-state index contributed by atoms with van der Waals surface area (Å²) in [6, 6.07) is 8.37. The maximum atomic E-state index is 9.41. The van der Waals surface area contributed by atoms with Gasteiger partial charge in [0, 0.05) is 43.1 Å². The molecule has 0 aromatic carbocycles. The highest BCUT2D eigenvalue weighted by Gasteiger charge is 2.20. The van der Waals surface area contributed by atoms with Gasteiger partial charge in [-0.05, 0) is 37.5 Å². The third-order valence-electron chi connectivity index (χ3n) is 4.99. The van der Waals surface area contributed by atoms with E-state index in [0.717, 1.165) is 42.0 Å². The molecule has 4 rings (SSSR count). The van der Waals surface area contributed by atoms with Crippen molar-refractivity contribution in [2.75, 3.05) is 31.2 Å². The zero-order chi connectivity index (χ0) is 22.4. The SMILES string of the molecule is CC(C)CO.CCOc1cc(-c2ccc(N3CCC(N)C3)nc2)c2c(C#N)cnn2c1. The van der Waals surface area contributed by atoms with E-state index in [1.165, 1.54) is 0 Å². The molecule has 1 atom stereocenters. The third kappa shape index (κ3) is 5.32. The second-order valence-electron chi connectivity index (χ2n) is 7.96. The molecule has 1 unspecified atom stereocenters. The molecular weight excluding hydrogens is 392 g/mol. The Balaban J connectivity index is 0.000000491. The van der Waals surface area contributed by atoms with Gasteiger partial charge in [0.15, 0.2) is 0 Å². The number of fused-ring (bicyclic) bond motifs is 1. The quantitative estimate of drug-likeness (QED) is 0.650. The van der Waals surface area contributed by atoms with Crippen LogP contribution in [0.15, 0.2) is 36.8 Å². The van der Waals surface area contributed by atoms with Crippen LogP contribution in [0.2, 0.25) is 0 Å². The number of nitrogens with zero attached hydrogens (tertiary/aromatic N) is 5. The molecule has 0 aliphatic carbocycles. The number of pyridine rings is 2. The van der Waals surface area contributed by atoms with Crippen molar-refractivity contribution in [3.63, 3.8) is 0 Å². The molecule has 0 amide bonds. The van der Waals surface area contributed by atoms with E-state index in [-0.39, 0.29) is 6.04 Å². The molecule has 3 N–H and O–H groups in total. The molecule has 8 nitrogen and oxygen atoms in total. The Morgan fingerprint density at radius 1 is 1.35 bits per heavy atom. The highest BCUT2D eigenvalue weighted by atomic mass is 16.5. The minimum Gasteiger partial charge on any atom is -0.492 e. The molecule has 1 fully saturated rings. The molecule has 0 bridgehead atoms. The van der Waals surface area contributed by atoms with Gasteiger partial charge in [0.05, 0.1) is 30.1 Å². The van der Waals surface area contributed by atoms with Gasteiger partial charge >= 0.3 is 0 Å². The lowest BCUT2D eigenvalue weighted by molar-refractivity contribution is 0.248. The minimum absolute atomic E-state index is 0.212. The Morgan fingerprint density at radius 3 is 2.68 bits per heavy atom. The molecule has 3 aromatic rings. The van der Waals surface area contributed by atoms with Crippen LogP contribution in [0.4, 0.5) is 5.82 Å². The van der Waals surface area contributed by atoms with Gasteiger partial charge in [0.1, 0.15) is 17.6 Å². The van der Waals surface area contributed by atoms with E-state index in [9.17, 15) is 5.26 Å². The molecule has 31 heavy (non-hydrogen) atoms. The minimum atomic E-state index is 0.212.